The summed E-state index contributed by atoms with van der Waals surface area (Å²) in [6.45, 7) is 1.19. The smallest absolute Gasteiger partial charge is 0.326 e. The second-order valence-corrected chi connectivity index (χ2v) is 7.82. The number of likely N-dealkylation sites (tertiary alicyclic amines) is 1. The van der Waals surface area contributed by atoms with Crippen LogP contribution >= 0.6 is 0 Å². The van der Waals surface area contributed by atoms with E-state index in [1.807, 2.05) is 30.3 Å². The fraction of sp³-hybridized carbons (Fsp3) is 0.240. The average Bonchev–Trinajstić information content (AvgIpc) is 3.51. The summed E-state index contributed by atoms with van der Waals surface area (Å²) in [6, 6.07) is 19.2. The number of rotatable bonds is 7. The van der Waals surface area contributed by atoms with E-state index >= 15 is 0 Å². The average molecular weight is 432 g/mol. The van der Waals surface area contributed by atoms with Crippen molar-refractivity contribution in [1.82, 2.24) is 9.80 Å². The number of hydrogen-bond acceptors (Lipinski definition) is 4. The van der Waals surface area contributed by atoms with Gasteiger partial charge in [-0.05, 0) is 48.2 Å². The molecule has 1 aliphatic heterocycles. The minimum Gasteiger partial charge on any atom is -0.480 e. The Morgan fingerprint density at radius 2 is 1.62 bits per heavy atom. The van der Waals surface area contributed by atoms with E-state index in [4.69, 9.17) is 4.42 Å². The second-order valence-electron chi connectivity index (χ2n) is 7.82. The van der Waals surface area contributed by atoms with Gasteiger partial charge in [-0.3, -0.25) is 9.59 Å². The topological polar surface area (TPSA) is 91.1 Å². The Balaban J connectivity index is 1.50. The standard InChI is InChI=1S/C25H24N2O5/c28-23(27-14-4-8-21(27)25(30)31)20-12-10-19(11-13-20)17-26(16-18-6-2-1-3-7-18)24(29)22-9-5-15-32-22/h1-3,5-7,9-13,15,21H,4,8,14,16-17H2,(H,30,31)/t21-/m1/s1. The molecule has 2 amide bonds. The minimum absolute atomic E-state index is 0.222. The summed E-state index contributed by atoms with van der Waals surface area (Å²) in [5, 5.41) is 9.34. The first-order valence-corrected chi connectivity index (χ1v) is 10.5. The first-order valence-electron chi connectivity index (χ1n) is 10.5. The van der Waals surface area contributed by atoms with E-state index in [2.05, 4.69) is 0 Å². The molecule has 0 unspecified atom stereocenters. The van der Waals surface area contributed by atoms with Gasteiger partial charge in [-0.2, -0.15) is 0 Å². The normalized spacial score (nSPS) is 15.5. The predicted molar refractivity (Wildman–Crippen MR) is 117 cm³/mol. The van der Waals surface area contributed by atoms with Crippen molar-refractivity contribution in [2.24, 2.45) is 0 Å². The number of aliphatic carboxylic acids is 1. The maximum Gasteiger partial charge on any atom is 0.326 e. The van der Waals surface area contributed by atoms with E-state index < -0.39 is 12.0 Å². The Morgan fingerprint density at radius 3 is 2.25 bits per heavy atom. The van der Waals surface area contributed by atoms with E-state index in [1.54, 1.807) is 41.3 Å². The molecule has 1 saturated heterocycles. The van der Waals surface area contributed by atoms with Crippen molar-refractivity contribution in [2.75, 3.05) is 6.54 Å². The van der Waals surface area contributed by atoms with Crippen LogP contribution in [0.4, 0.5) is 0 Å². The monoisotopic (exact) mass is 432 g/mol. The number of nitrogens with zero attached hydrogens (tertiary/aromatic N) is 2. The lowest BCUT2D eigenvalue weighted by molar-refractivity contribution is -0.141. The Hall–Kier alpha value is -3.87. The van der Waals surface area contributed by atoms with E-state index in [0.717, 1.165) is 11.1 Å². The molecule has 0 spiro atoms. The summed E-state index contributed by atoms with van der Waals surface area (Å²) >= 11 is 0. The van der Waals surface area contributed by atoms with Crippen molar-refractivity contribution in [3.05, 3.63) is 95.4 Å². The molecule has 0 saturated carbocycles. The summed E-state index contributed by atoms with van der Waals surface area (Å²) in [5.74, 6) is -1.21. The molecule has 1 aromatic heterocycles. The summed E-state index contributed by atoms with van der Waals surface area (Å²) in [4.78, 5) is 40.3. The Kier molecular flexibility index (Phi) is 6.35. The molecule has 2 aromatic carbocycles. The third-order valence-electron chi connectivity index (χ3n) is 5.61. The molecule has 1 N–H and O–H groups in total. The molecule has 0 bridgehead atoms. The molecule has 2 heterocycles. The number of carboxylic acid groups (broad SMARTS) is 1. The van der Waals surface area contributed by atoms with E-state index in [0.29, 0.717) is 38.0 Å². The largest absolute Gasteiger partial charge is 0.480 e. The fourth-order valence-corrected chi connectivity index (χ4v) is 3.96. The Morgan fingerprint density at radius 1 is 0.938 bits per heavy atom. The Labute approximate surface area is 185 Å². The molecular weight excluding hydrogens is 408 g/mol. The van der Waals surface area contributed by atoms with E-state index in [1.165, 1.54) is 11.2 Å². The molecular formula is C25H24N2O5. The SMILES string of the molecule is O=C(O)[C@H]1CCCN1C(=O)c1ccc(CN(Cc2ccccc2)C(=O)c2ccco2)cc1. The summed E-state index contributed by atoms with van der Waals surface area (Å²) in [5.41, 5.74) is 2.29. The zero-order valence-electron chi connectivity index (χ0n) is 17.5. The Bertz CT molecular complexity index is 1080. The molecule has 4 rings (SSSR count). The highest BCUT2D eigenvalue weighted by atomic mass is 16.4. The second kappa shape index (κ2) is 9.51. The molecule has 7 nitrogen and oxygen atoms in total. The number of carbonyl (C=O) groups excluding carboxylic acids is 2. The lowest BCUT2D eigenvalue weighted by atomic mass is 10.1. The third kappa shape index (κ3) is 4.72. The number of furan rings is 1. The predicted octanol–water partition coefficient (Wildman–Crippen LogP) is 3.81. The van der Waals surface area contributed by atoms with Crippen LogP contribution in [-0.4, -0.2) is 45.3 Å². The number of amides is 2. The van der Waals surface area contributed by atoms with Crippen LogP contribution in [0.3, 0.4) is 0 Å². The van der Waals surface area contributed by atoms with Crippen LogP contribution in [0.25, 0.3) is 0 Å². The van der Waals surface area contributed by atoms with Crippen LogP contribution in [0.5, 0.6) is 0 Å². The van der Waals surface area contributed by atoms with Crippen LogP contribution in [-0.2, 0) is 17.9 Å². The first kappa shape index (κ1) is 21.4. The van der Waals surface area contributed by atoms with Gasteiger partial charge in [-0.25, -0.2) is 4.79 Å². The van der Waals surface area contributed by atoms with Gasteiger partial charge in [-0.1, -0.05) is 42.5 Å². The molecule has 1 aliphatic rings. The summed E-state index contributed by atoms with van der Waals surface area (Å²) < 4.78 is 5.30. The first-order chi connectivity index (χ1) is 15.5. The molecule has 1 fully saturated rings. The maximum absolute atomic E-state index is 13.0. The van der Waals surface area contributed by atoms with Gasteiger partial charge in [0.1, 0.15) is 6.04 Å². The highest BCUT2D eigenvalue weighted by Crippen LogP contribution is 2.21. The van der Waals surface area contributed by atoms with Crippen molar-refractivity contribution in [3.63, 3.8) is 0 Å². The molecule has 0 radical (unpaired) electrons. The van der Waals surface area contributed by atoms with Gasteiger partial charge < -0.3 is 19.3 Å². The zero-order valence-corrected chi connectivity index (χ0v) is 17.5. The molecule has 0 aliphatic carbocycles. The van der Waals surface area contributed by atoms with E-state index in [-0.39, 0.29) is 17.6 Å². The summed E-state index contributed by atoms with van der Waals surface area (Å²) in [6.07, 6.45) is 2.63. The van der Waals surface area contributed by atoms with Crippen LogP contribution in [0.2, 0.25) is 0 Å². The maximum atomic E-state index is 13.0. The van der Waals surface area contributed by atoms with Crippen LogP contribution in [0.1, 0.15) is 44.9 Å². The molecule has 7 heteroatoms. The summed E-state index contributed by atoms with van der Waals surface area (Å²) in [7, 11) is 0. The van der Waals surface area contributed by atoms with Gasteiger partial charge in [0.05, 0.1) is 6.26 Å². The highest BCUT2D eigenvalue weighted by molar-refractivity contribution is 5.97. The van der Waals surface area contributed by atoms with Gasteiger partial charge in [0.25, 0.3) is 11.8 Å². The van der Waals surface area contributed by atoms with Gasteiger partial charge in [0.15, 0.2) is 5.76 Å². The highest BCUT2D eigenvalue weighted by Gasteiger charge is 2.34. The lowest BCUT2D eigenvalue weighted by Gasteiger charge is -2.23. The van der Waals surface area contributed by atoms with Crippen molar-refractivity contribution < 1.29 is 23.9 Å². The van der Waals surface area contributed by atoms with Crippen LogP contribution in [0, 0.1) is 0 Å². The lowest BCUT2D eigenvalue weighted by Crippen LogP contribution is -2.40. The van der Waals surface area contributed by atoms with Crippen LogP contribution < -0.4 is 0 Å². The molecule has 164 valence electrons. The van der Waals surface area contributed by atoms with Crippen LogP contribution in [0.15, 0.2) is 77.4 Å². The van der Waals surface area contributed by atoms with Crippen molar-refractivity contribution in [3.8, 4) is 0 Å². The number of hydrogen-bond donors (Lipinski definition) is 1. The van der Waals surface area contributed by atoms with Gasteiger partial charge in [0, 0.05) is 25.2 Å². The van der Waals surface area contributed by atoms with Crippen molar-refractivity contribution >= 4 is 17.8 Å². The fourth-order valence-electron chi connectivity index (χ4n) is 3.96. The van der Waals surface area contributed by atoms with Crippen molar-refractivity contribution in [2.45, 2.75) is 32.0 Å². The molecule has 3 aromatic rings. The van der Waals surface area contributed by atoms with Gasteiger partial charge in [0.2, 0.25) is 0 Å². The molecule has 32 heavy (non-hydrogen) atoms. The quantitative estimate of drug-likeness (QED) is 0.613. The van der Waals surface area contributed by atoms with Gasteiger partial charge >= 0.3 is 5.97 Å². The number of carboxylic acids is 1. The number of benzene rings is 2. The molecule has 1 atom stereocenters. The third-order valence-corrected chi connectivity index (χ3v) is 5.61. The van der Waals surface area contributed by atoms with E-state index in [9.17, 15) is 19.5 Å². The number of carbonyl (C=O) groups is 3. The minimum atomic E-state index is -0.972. The zero-order chi connectivity index (χ0) is 22.5. The van der Waals surface area contributed by atoms with Crippen molar-refractivity contribution in [1.29, 1.82) is 0 Å². The van der Waals surface area contributed by atoms with Gasteiger partial charge in [-0.15, -0.1) is 0 Å².